The Hall–Kier alpha value is -4.50. The summed E-state index contributed by atoms with van der Waals surface area (Å²) in [5, 5.41) is 7.38. The number of fused-ring (bicyclic) bond motifs is 3. The van der Waals surface area contributed by atoms with Gasteiger partial charge in [0.15, 0.2) is 0 Å². The Kier molecular flexibility index (Phi) is 10.1. The summed E-state index contributed by atoms with van der Waals surface area (Å²) in [6.45, 7) is 26.6. The minimum absolute atomic E-state index is 0. The normalized spacial score (nSPS) is 12.2. The SMILES string of the molecule is Cc1cc(C(C)(C)C)cc(C)c1-c1c(C)nn(-c2[c-]c(Oc3[c-]c4c(cc3)c3ccccc3n4-c3cc(C(C)C)ccn3)cc(C(C)(C)C)c2)c1C.[Pd+2]. The zero-order valence-corrected chi connectivity index (χ0v) is 34.7. The molecule has 53 heavy (non-hydrogen) atoms. The average molecular weight is 793 g/mol. The third-order valence-corrected chi connectivity index (χ3v) is 10.3. The molecule has 0 bridgehead atoms. The van der Waals surface area contributed by atoms with Crippen LogP contribution in [0.5, 0.6) is 11.5 Å². The first-order chi connectivity index (χ1) is 24.5. The fraction of sp³-hybridized carbons (Fsp3) is 0.319. The molecule has 3 aromatic heterocycles. The van der Waals surface area contributed by atoms with Crippen molar-refractivity contribution in [1.29, 1.82) is 0 Å². The summed E-state index contributed by atoms with van der Waals surface area (Å²) >= 11 is 0. The van der Waals surface area contributed by atoms with Crippen molar-refractivity contribution in [2.45, 2.75) is 99.8 Å². The van der Waals surface area contributed by atoms with E-state index in [-0.39, 0.29) is 31.3 Å². The molecule has 0 aliphatic carbocycles. The number of nitrogens with zero attached hydrogens (tertiary/aromatic N) is 4. The molecule has 0 saturated heterocycles. The van der Waals surface area contributed by atoms with E-state index in [0.717, 1.165) is 50.3 Å². The number of benzene rings is 4. The zero-order valence-electron chi connectivity index (χ0n) is 33.1. The average Bonchev–Trinajstić information content (AvgIpc) is 3.56. The molecule has 4 aromatic carbocycles. The van der Waals surface area contributed by atoms with Crippen molar-refractivity contribution in [2.24, 2.45) is 0 Å². The minimum atomic E-state index is -0.135. The van der Waals surface area contributed by atoms with Crippen LogP contribution >= 0.6 is 0 Å². The molecule has 0 fully saturated rings. The van der Waals surface area contributed by atoms with Crippen LogP contribution in [0.4, 0.5) is 0 Å². The summed E-state index contributed by atoms with van der Waals surface area (Å²) < 4.78 is 10.9. The summed E-state index contributed by atoms with van der Waals surface area (Å²) in [5.74, 6) is 2.49. The Labute approximate surface area is 329 Å². The van der Waals surface area contributed by atoms with Crippen molar-refractivity contribution in [3.63, 3.8) is 0 Å². The van der Waals surface area contributed by atoms with Gasteiger partial charge in [-0.2, -0.15) is 11.2 Å². The molecule has 0 spiro atoms. The largest absolute Gasteiger partial charge is 2.00 e. The summed E-state index contributed by atoms with van der Waals surface area (Å²) in [6.07, 6.45) is 1.90. The number of aryl methyl sites for hydroxylation is 3. The maximum Gasteiger partial charge on any atom is 2.00 e. The second kappa shape index (κ2) is 14.1. The molecule has 0 aliphatic heterocycles. The van der Waals surface area contributed by atoms with E-state index in [1.165, 1.54) is 33.4 Å². The van der Waals surface area contributed by atoms with Gasteiger partial charge in [-0.05, 0) is 102 Å². The molecule has 0 saturated carbocycles. The number of hydrogen-bond acceptors (Lipinski definition) is 3. The molecule has 0 amide bonds. The summed E-state index contributed by atoms with van der Waals surface area (Å²) in [7, 11) is 0. The molecule has 0 unspecified atom stereocenters. The molecule has 0 N–H and O–H groups in total. The molecule has 6 heteroatoms. The predicted octanol–water partition coefficient (Wildman–Crippen LogP) is 12.4. The van der Waals surface area contributed by atoms with E-state index in [4.69, 9.17) is 14.8 Å². The van der Waals surface area contributed by atoms with E-state index in [0.29, 0.717) is 17.4 Å². The van der Waals surface area contributed by atoms with Crippen LogP contribution in [0, 0.1) is 39.8 Å². The molecule has 3 heterocycles. The van der Waals surface area contributed by atoms with E-state index >= 15 is 0 Å². The van der Waals surface area contributed by atoms with Crippen LogP contribution in [0.15, 0.2) is 79.0 Å². The molecule has 0 radical (unpaired) electrons. The van der Waals surface area contributed by atoms with Gasteiger partial charge in [0.1, 0.15) is 5.82 Å². The second-order valence-corrected chi connectivity index (χ2v) is 16.7. The molecular weight excluding hydrogens is 743 g/mol. The maximum atomic E-state index is 6.69. The van der Waals surface area contributed by atoms with Crippen LogP contribution in [-0.4, -0.2) is 19.3 Å². The minimum Gasteiger partial charge on any atom is -0.509 e. The Morgan fingerprint density at radius 2 is 1.36 bits per heavy atom. The van der Waals surface area contributed by atoms with Gasteiger partial charge in [0.25, 0.3) is 0 Å². The fourth-order valence-corrected chi connectivity index (χ4v) is 7.37. The van der Waals surface area contributed by atoms with Crippen LogP contribution in [0.3, 0.4) is 0 Å². The van der Waals surface area contributed by atoms with Crippen molar-refractivity contribution >= 4 is 21.8 Å². The van der Waals surface area contributed by atoms with Gasteiger partial charge in [-0.15, -0.1) is 41.3 Å². The van der Waals surface area contributed by atoms with Gasteiger partial charge in [0.2, 0.25) is 0 Å². The van der Waals surface area contributed by atoms with Crippen LogP contribution in [0.1, 0.15) is 101 Å². The standard InChI is InChI=1S/C47H50N4O.Pd/c1-28(2)33-19-20-48-43(23-33)50-41-16-14-13-15-39(41)40-18-17-37(27-42(40)50)52-38-25-35(47(10,11)12)24-36(26-38)51-32(6)45(31(5)49-51)44-29(3)21-34(22-30(44)4)46(7,8)9;/h13-25,28H,1-12H3;/q-2;+2. The zero-order chi connectivity index (χ0) is 37.3. The van der Waals surface area contributed by atoms with Crippen molar-refractivity contribution in [1.82, 2.24) is 19.3 Å². The van der Waals surface area contributed by atoms with Gasteiger partial charge in [0.05, 0.1) is 5.69 Å². The first-order valence-electron chi connectivity index (χ1n) is 18.4. The predicted molar refractivity (Wildman–Crippen MR) is 216 cm³/mol. The molecule has 274 valence electrons. The van der Waals surface area contributed by atoms with Crippen molar-refractivity contribution in [3.05, 3.63) is 130 Å². The van der Waals surface area contributed by atoms with Crippen molar-refractivity contribution in [3.8, 4) is 34.1 Å². The third kappa shape index (κ3) is 7.12. The Bertz CT molecular complexity index is 2460. The molecule has 7 aromatic rings. The Balaban J connectivity index is 0.00000481. The number of ether oxygens (including phenoxy) is 1. The third-order valence-electron chi connectivity index (χ3n) is 10.3. The molecule has 0 aliphatic rings. The summed E-state index contributed by atoms with van der Waals surface area (Å²) in [5.41, 5.74) is 13.5. The van der Waals surface area contributed by atoms with Gasteiger partial charge in [-0.3, -0.25) is 4.68 Å². The summed E-state index contributed by atoms with van der Waals surface area (Å²) in [6, 6.07) is 33.0. The summed E-state index contributed by atoms with van der Waals surface area (Å²) in [4.78, 5) is 4.81. The van der Waals surface area contributed by atoms with Gasteiger partial charge in [-0.25, -0.2) is 4.98 Å². The van der Waals surface area contributed by atoms with Crippen LogP contribution in [0.2, 0.25) is 0 Å². The van der Waals surface area contributed by atoms with E-state index in [9.17, 15) is 0 Å². The first kappa shape index (κ1) is 38.2. The van der Waals surface area contributed by atoms with E-state index in [1.54, 1.807) is 0 Å². The fourth-order valence-electron chi connectivity index (χ4n) is 7.37. The monoisotopic (exact) mass is 792 g/mol. The Morgan fingerprint density at radius 1 is 0.698 bits per heavy atom. The van der Waals surface area contributed by atoms with Gasteiger partial charge < -0.3 is 9.30 Å². The quantitative estimate of drug-likeness (QED) is 0.124. The van der Waals surface area contributed by atoms with Crippen LogP contribution in [-0.2, 0) is 31.3 Å². The molecular formula is C47H50N4OPd. The van der Waals surface area contributed by atoms with Crippen LogP contribution < -0.4 is 4.74 Å². The van der Waals surface area contributed by atoms with Gasteiger partial charge in [-0.1, -0.05) is 91.2 Å². The van der Waals surface area contributed by atoms with Crippen LogP contribution in [0.25, 0.3) is 44.4 Å². The molecule has 0 atom stereocenters. The molecule has 5 nitrogen and oxygen atoms in total. The topological polar surface area (TPSA) is 44.9 Å². The molecule has 7 rings (SSSR count). The number of hydrogen-bond donors (Lipinski definition) is 0. The van der Waals surface area contributed by atoms with Crippen molar-refractivity contribution in [2.75, 3.05) is 0 Å². The van der Waals surface area contributed by atoms with Gasteiger partial charge >= 0.3 is 20.4 Å². The number of rotatable bonds is 6. The number of aromatic nitrogens is 4. The second-order valence-electron chi connectivity index (χ2n) is 16.7. The van der Waals surface area contributed by atoms with Gasteiger partial charge in [0, 0.05) is 34.5 Å². The van der Waals surface area contributed by atoms with E-state index < -0.39 is 0 Å². The van der Waals surface area contributed by atoms with E-state index in [2.05, 4.69) is 167 Å². The smallest absolute Gasteiger partial charge is 0.509 e. The Morgan fingerprint density at radius 3 is 2.02 bits per heavy atom. The maximum absolute atomic E-state index is 6.69. The first-order valence-corrected chi connectivity index (χ1v) is 18.4. The van der Waals surface area contributed by atoms with Crippen molar-refractivity contribution < 1.29 is 25.2 Å². The van der Waals surface area contributed by atoms with E-state index in [1.807, 2.05) is 16.9 Å². The number of pyridine rings is 1. The number of para-hydroxylation sites is 1.